The molecule has 2 aliphatic rings. The van der Waals surface area contributed by atoms with E-state index in [1.54, 1.807) is 0 Å². The van der Waals surface area contributed by atoms with E-state index in [1.807, 2.05) is 11.8 Å². The van der Waals surface area contributed by atoms with Crippen molar-refractivity contribution in [3.05, 3.63) is 22.8 Å². The van der Waals surface area contributed by atoms with Gasteiger partial charge in [-0.15, -0.1) is 0 Å². The number of fused-ring (bicyclic) bond motifs is 1. The molecule has 2 aliphatic heterocycles. The molecule has 19 heavy (non-hydrogen) atoms. The van der Waals surface area contributed by atoms with Crippen LogP contribution in [0.1, 0.15) is 52.1 Å². The van der Waals surface area contributed by atoms with E-state index in [4.69, 9.17) is 0 Å². The zero-order valence-electron chi connectivity index (χ0n) is 10.7. The summed E-state index contributed by atoms with van der Waals surface area (Å²) in [5.74, 6) is 0.905. The van der Waals surface area contributed by atoms with Gasteiger partial charge < -0.3 is 10.4 Å². The van der Waals surface area contributed by atoms with Crippen LogP contribution >= 0.6 is 11.8 Å². The molecule has 0 aromatic carbocycles. The number of carbonyl (C=O) groups is 1. The molecule has 0 bridgehead atoms. The van der Waals surface area contributed by atoms with E-state index in [0.29, 0.717) is 6.54 Å². The summed E-state index contributed by atoms with van der Waals surface area (Å²) in [5, 5.41) is 12.8. The van der Waals surface area contributed by atoms with E-state index in [9.17, 15) is 9.90 Å². The third-order valence-corrected chi connectivity index (χ3v) is 4.99. The third kappa shape index (κ3) is 2.60. The minimum Gasteiger partial charge on any atom is -0.476 e. The van der Waals surface area contributed by atoms with Crippen molar-refractivity contribution in [3.8, 4) is 0 Å². The topological polar surface area (TPSA) is 75.1 Å². The van der Waals surface area contributed by atoms with E-state index < -0.39 is 5.97 Å². The second-order valence-corrected chi connectivity index (χ2v) is 6.25. The van der Waals surface area contributed by atoms with E-state index in [0.717, 1.165) is 42.2 Å². The Kier molecular flexibility index (Phi) is 3.70. The van der Waals surface area contributed by atoms with E-state index in [1.165, 1.54) is 12.8 Å². The number of nitrogens with one attached hydrogen (secondary N) is 1. The average molecular weight is 279 g/mol. The van der Waals surface area contributed by atoms with Crippen LogP contribution in [0.15, 0.2) is 0 Å². The van der Waals surface area contributed by atoms with Crippen molar-refractivity contribution in [1.29, 1.82) is 0 Å². The van der Waals surface area contributed by atoms with Crippen molar-refractivity contribution in [2.45, 2.75) is 37.5 Å². The largest absolute Gasteiger partial charge is 0.476 e. The minimum absolute atomic E-state index is 0.193. The fourth-order valence-electron chi connectivity index (χ4n) is 2.63. The molecule has 0 spiro atoms. The van der Waals surface area contributed by atoms with Gasteiger partial charge >= 0.3 is 5.97 Å². The summed E-state index contributed by atoms with van der Waals surface area (Å²) in [5.41, 5.74) is 1.88. The first-order valence-electron chi connectivity index (χ1n) is 6.71. The number of rotatable bonds is 2. The fraction of sp³-hybridized carbons (Fsp3) is 0.615. The van der Waals surface area contributed by atoms with Gasteiger partial charge in [0.1, 0.15) is 5.82 Å². The molecule has 1 atom stereocenters. The van der Waals surface area contributed by atoms with E-state index >= 15 is 0 Å². The predicted octanol–water partition coefficient (Wildman–Crippen LogP) is 1.78. The Labute approximate surface area is 116 Å². The number of nitrogens with zero attached hydrogens (tertiary/aromatic N) is 2. The highest BCUT2D eigenvalue weighted by Crippen LogP contribution is 2.37. The first-order valence-corrected chi connectivity index (χ1v) is 7.76. The van der Waals surface area contributed by atoms with E-state index in [-0.39, 0.29) is 10.9 Å². The molecule has 0 aliphatic carbocycles. The summed E-state index contributed by atoms with van der Waals surface area (Å²) in [6.45, 7) is 1.43. The number of thioether (sulfide) groups is 1. The minimum atomic E-state index is -0.940. The number of hydrogen-bond donors (Lipinski definition) is 2. The van der Waals surface area contributed by atoms with Crippen LogP contribution in [-0.2, 0) is 13.0 Å². The Morgan fingerprint density at radius 1 is 1.37 bits per heavy atom. The standard InChI is InChI=1S/C13H17N3O2S/c17-13(18)11-8-7-14-5-4-9(8)15-12(16-11)10-3-1-2-6-19-10/h10,14H,1-7H2,(H,17,18). The number of carboxylic acids is 1. The summed E-state index contributed by atoms with van der Waals surface area (Å²) < 4.78 is 0. The molecule has 1 aromatic rings. The van der Waals surface area contributed by atoms with Gasteiger partial charge in [-0.3, -0.25) is 0 Å². The number of hydrogen-bond acceptors (Lipinski definition) is 5. The third-order valence-electron chi connectivity index (χ3n) is 3.62. The van der Waals surface area contributed by atoms with Crippen LogP contribution in [0.2, 0.25) is 0 Å². The molecular weight excluding hydrogens is 262 g/mol. The van der Waals surface area contributed by atoms with Gasteiger partial charge in [0.2, 0.25) is 0 Å². The summed E-state index contributed by atoms with van der Waals surface area (Å²) in [4.78, 5) is 20.4. The van der Waals surface area contributed by atoms with Gasteiger partial charge in [-0.25, -0.2) is 14.8 Å². The van der Waals surface area contributed by atoms with Crippen LogP contribution in [0.3, 0.4) is 0 Å². The lowest BCUT2D eigenvalue weighted by atomic mass is 10.0. The summed E-state index contributed by atoms with van der Waals surface area (Å²) >= 11 is 1.85. The molecule has 2 N–H and O–H groups in total. The Morgan fingerprint density at radius 2 is 2.26 bits per heavy atom. The second-order valence-electron chi connectivity index (χ2n) is 4.94. The molecule has 3 heterocycles. The van der Waals surface area contributed by atoms with Crippen LogP contribution in [0.4, 0.5) is 0 Å². The average Bonchev–Trinajstić information content (AvgIpc) is 2.47. The fourth-order valence-corrected chi connectivity index (χ4v) is 3.87. The maximum absolute atomic E-state index is 11.4. The molecule has 1 aromatic heterocycles. The zero-order valence-corrected chi connectivity index (χ0v) is 11.5. The lowest BCUT2D eigenvalue weighted by molar-refractivity contribution is 0.0687. The van der Waals surface area contributed by atoms with Gasteiger partial charge in [0.05, 0.1) is 10.9 Å². The molecule has 1 unspecified atom stereocenters. The number of aromatic nitrogens is 2. The Hall–Kier alpha value is -1.14. The van der Waals surface area contributed by atoms with E-state index in [2.05, 4.69) is 15.3 Å². The monoisotopic (exact) mass is 279 g/mol. The summed E-state index contributed by atoms with van der Waals surface area (Å²) in [6.07, 6.45) is 4.27. The first-order chi connectivity index (χ1) is 9.25. The van der Waals surface area contributed by atoms with Gasteiger partial charge in [-0.1, -0.05) is 6.42 Å². The maximum atomic E-state index is 11.4. The van der Waals surface area contributed by atoms with Crippen molar-refractivity contribution >= 4 is 17.7 Å². The van der Waals surface area contributed by atoms with Crippen molar-refractivity contribution in [1.82, 2.24) is 15.3 Å². The molecule has 0 radical (unpaired) electrons. The highest BCUT2D eigenvalue weighted by Gasteiger charge is 2.25. The predicted molar refractivity (Wildman–Crippen MR) is 73.5 cm³/mol. The number of aromatic carboxylic acids is 1. The second kappa shape index (κ2) is 5.46. The highest BCUT2D eigenvalue weighted by atomic mass is 32.2. The lowest BCUT2D eigenvalue weighted by Crippen LogP contribution is -2.28. The Balaban J connectivity index is 2.00. The van der Waals surface area contributed by atoms with Crippen molar-refractivity contribution in [2.24, 2.45) is 0 Å². The van der Waals surface area contributed by atoms with Crippen LogP contribution in [-0.4, -0.2) is 33.3 Å². The summed E-state index contributed by atoms with van der Waals surface area (Å²) in [6, 6.07) is 0. The maximum Gasteiger partial charge on any atom is 0.354 e. The zero-order chi connectivity index (χ0) is 13.2. The Bertz CT molecular complexity index is 501. The normalized spacial score (nSPS) is 22.8. The number of carboxylic acid groups (broad SMARTS) is 1. The molecule has 6 heteroatoms. The highest BCUT2D eigenvalue weighted by molar-refractivity contribution is 7.99. The molecule has 3 rings (SSSR count). The van der Waals surface area contributed by atoms with Crippen molar-refractivity contribution in [3.63, 3.8) is 0 Å². The molecule has 5 nitrogen and oxygen atoms in total. The van der Waals surface area contributed by atoms with Gasteiger partial charge in [-0.2, -0.15) is 11.8 Å². The van der Waals surface area contributed by atoms with Gasteiger partial charge in [0, 0.05) is 25.1 Å². The lowest BCUT2D eigenvalue weighted by Gasteiger charge is -2.23. The van der Waals surface area contributed by atoms with Crippen LogP contribution in [0, 0.1) is 0 Å². The van der Waals surface area contributed by atoms with Crippen LogP contribution in [0.5, 0.6) is 0 Å². The van der Waals surface area contributed by atoms with Gasteiger partial charge in [0.25, 0.3) is 0 Å². The quantitative estimate of drug-likeness (QED) is 0.859. The van der Waals surface area contributed by atoms with Gasteiger partial charge in [0.15, 0.2) is 5.69 Å². The molecular formula is C13H17N3O2S. The Morgan fingerprint density at radius 3 is 3.00 bits per heavy atom. The first kappa shape index (κ1) is 12.9. The molecule has 0 amide bonds. The van der Waals surface area contributed by atoms with Crippen LogP contribution in [0.25, 0.3) is 0 Å². The summed E-state index contributed by atoms with van der Waals surface area (Å²) in [7, 11) is 0. The van der Waals surface area contributed by atoms with Gasteiger partial charge in [-0.05, 0) is 18.6 Å². The van der Waals surface area contributed by atoms with Crippen molar-refractivity contribution in [2.75, 3.05) is 12.3 Å². The molecule has 1 fully saturated rings. The molecule has 1 saturated heterocycles. The van der Waals surface area contributed by atoms with Crippen LogP contribution < -0.4 is 5.32 Å². The molecule has 102 valence electrons. The van der Waals surface area contributed by atoms with Crippen molar-refractivity contribution < 1.29 is 9.90 Å². The smallest absolute Gasteiger partial charge is 0.354 e. The molecule has 0 saturated carbocycles. The SMILES string of the molecule is O=C(O)c1nc(C2CCCCS2)nc2c1CNCC2.